The molecule has 0 unspecified atom stereocenters. The predicted molar refractivity (Wildman–Crippen MR) is 57.5 cm³/mol. The van der Waals surface area contributed by atoms with Gasteiger partial charge in [-0.1, -0.05) is 0 Å². The van der Waals surface area contributed by atoms with Crippen LogP contribution < -0.4 is 5.73 Å². The van der Waals surface area contributed by atoms with Crippen LogP contribution in [0.4, 0.5) is 27.6 Å². The zero-order valence-corrected chi connectivity index (χ0v) is 9.21. The average molecular weight is 281 g/mol. The van der Waals surface area contributed by atoms with Crippen molar-refractivity contribution in [1.29, 1.82) is 0 Å². The lowest BCUT2D eigenvalue weighted by atomic mass is 10.1. The third-order valence-corrected chi connectivity index (χ3v) is 2.14. The topological polar surface area (TPSA) is 63.3 Å². The molecule has 8 heteroatoms. The minimum absolute atomic E-state index is 0.111. The minimum atomic E-state index is -6.01. The number of carbonyl (C=O) groups excluding carboxylic acids is 1. The van der Waals surface area contributed by atoms with Crippen LogP contribution in [0.5, 0.6) is 0 Å². The van der Waals surface area contributed by atoms with Crippen LogP contribution in [0.1, 0.15) is 5.56 Å². The number of aliphatic hydroxyl groups is 1. The monoisotopic (exact) mass is 281 g/mol. The highest BCUT2D eigenvalue weighted by Gasteiger charge is 2.62. The van der Waals surface area contributed by atoms with Gasteiger partial charge in [-0.15, -0.1) is 0 Å². The van der Waals surface area contributed by atoms with Gasteiger partial charge in [0.2, 0.25) is 5.78 Å². The standard InChI is InChI=1S/C11H8F5NO2/c12-10(13,11(14,15)16)9(19)5-8(18)6-1-3-7(17)4-2-6/h1-5,18H,17H2/b8-5-. The van der Waals surface area contributed by atoms with Crippen LogP contribution in [0.25, 0.3) is 5.76 Å². The van der Waals surface area contributed by atoms with Crippen LogP contribution in [0, 0.1) is 0 Å². The number of ketones is 1. The van der Waals surface area contributed by atoms with E-state index in [9.17, 15) is 31.9 Å². The van der Waals surface area contributed by atoms with Crippen molar-refractivity contribution in [3.05, 3.63) is 35.9 Å². The number of nitrogen functional groups attached to an aromatic ring is 1. The molecule has 0 radical (unpaired) electrons. The van der Waals surface area contributed by atoms with Crippen molar-refractivity contribution in [3.63, 3.8) is 0 Å². The van der Waals surface area contributed by atoms with E-state index in [0.717, 1.165) is 0 Å². The van der Waals surface area contributed by atoms with Crippen LogP contribution in [0.2, 0.25) is 0 Å². The smallest absolute Gasteiger partial charge is 0.461 e. The van der Waals surface area contributed by atoms with Gasteiger partial charge in [0, 0.05) is 17.3 Å². The van der Waals surface area contributed by atoms with Crippen molar-refractivity contribution in [2.75, 3.05) is 5.73 Å². The number of benzene rings is 1. The second-order valence-electron chi connectivity index (χ2n) is 3.59. The van der Waals surface area contributed by atoms with Gasteiger partial charge >= 0.3 is 12.1 Å². The fourth-order valence-electron chi connectivity index (χ4n) is 1.09. The van der Waals surface area contributed by atoms with Gasteiger partial charge in [-0.25, -0.2) is 0 Å². The molecule has 3 N–H and O–H groups in total. The molecule has 0 amide bonds. The molecule has 104 valence electrons. The van der Waals surface area contributed by atoms with E-state index >= 15 is 0 Å². The number of hydrogen-bond acceptors (Lipinski definition) is 3. The summed E-state index contributed by atoms with van der Waals surface area (Å²) >= 11 is 0. The molecule has 3 nitrogen and oxygen atoms in total. The van der Waals surface area contributed by atoms with Gasteiger partial charge in [0.05, 0.1) is 0 Å². The summed E-state index contributed by atoms with van der Waals surface area (Å²) in [4.78, 5) is 10.8. The van der Waals surface area contributed by atoms with Crippen molar-refractivity contribution in [1.82, 2.24) is 0 Å². The molecule has 0 saturated heterocycles. The molecule has 0 spiro atoms. The maximum atomic E-state index is 12.6. The highest BCUT2D eigenvalue weighted by atomic mass is 19.4. The molecule has 0 saturated carbocycles. The Morgan fingerprint density at radius 2 is 1.58 bits per heavy atom. The third-order valence-electron chi connectivity index (χ3n) is 2.14. The highest BCUT2D eigenvalue weighted by molar-refractivity contribution is 6.00. The van der Waals surface area contributed by atoms with Gasteiger partial charge in [-0.2, -0.15) is 22.0 Å². The van der Waals surface area contributed by atoms with E-state index in [2.05, 4.69) is 0 Å². The molecular weight excluding hydrogens is 273 g/mol. The van der Waals surface area contributed by atoms with E-state index in [-0.39, 0.29) is 11.6 Å². The van der Waals surface area contributed by atoms with Crippen molar-refractivity contribution in [3.8, 4) is 0 Å². The van der Waals surface area contributed by atoms with Crippen molar-refractivity contribution in [2.24, 2.45) is 0 Å². The summed E-state index contributed by atoms with van der Waals surface area (Å²) in [5, 5.41) is 9.31. The van der Waals surface area contributed by atoms with Crippen LogP contribution in [-0.4, -0.2) is 23.0 Å². The lowest BCUT2D eigenvalue weighted by molar-refractivity contribution is -0.266. The summed E-state index contributed by atoms with van der Waals surface area (Å²) in [5.74, 6) is -9.10. The zero-order valence-electron chi connectivity index (χ0n) is 9.21. The third kappa shape index (κ3) is 3.21. The summed E-state index contributed by atoms with van der Waals surface area (Å²) in [5.41, 5.74) is 5.50. The molecule has 1 aromatic carbocycles. The second kappa shape index (κ2) is 4.87. The SMILES string of the molecule is Nc1ccc(/C(O)=C/C(=O)C(F)(F)C(F)(F)F)cc1. The summed E-state index contributed by atoms with van der Waals surface area (Å²) in [6.45, 7) is 0. The molecule has 0 bridgehead atoms. The van der Waals surface area contributed by atoms with Crippen LogP contribution >= 0.6 is 0 Å². The molecule has 0 fully saturated rings. The first kappa shape index (κ1) is 14.9. The number of rotatable bonds is 3. The Labute approximate surface area is 104 Å². The second-order valence-corrected chi connectivity index (χ2v) is 3.59. The molecule has 1 aromatic rings. The van der Waals surface area contributed by atoms with Crippen LogP contribution in [0.3, 0.4) is 0 Å². The molecule has 0 atom stereocenters. The highest BCUT2D eigenvalue weighted by Crippen LogP contribution is 2.36. The van der Waals surface area contributed by atoms with Crippen LogP contribution in [0.15, 0.2) is 30.3 Å². The average Bonchev–Trinajstić information content (AvgIpc) is 2.28. The van der Waals surface area contributed by atoms with Crippen LogP contribution in [-0.2, 0) is 4.79 Å². The molecular formula is C11H8F5NO2. The predicted octanol–water partition coefficient (Wildman–Crippen LogP) is 2.93. The quantitative estimate of drug-likeness (QED) is 0.387. The Bertz CT molecular complexity index is 505. The van der Waals surface area contributed by atoms with Gasteiger partial charge in [0.25, 0.3) is 0 Å². The van der Waals surface area contributed by atoms with Crippen molar-refractivity contribution >= 4 is 17.2 Å². The van der Waals surface area contributed by atoms with Crippen molar-refractivity contribution in [2.45, 2.75) is 12.1 Å². The Kier molecular flexibility index (Phi) is 3.83. The van der Waals surface area contributed by atoms with E-state index in [0.29, 0.717) is 5.69 Å². The fraction of sp³-hybridized carbons (Fsp3) is 0.182. The number of aliphatic hydroxyl groups excluding tert-OH is 1. The summed E-state index contributed by atoms with van der Waals surface area (Å²) in [6.07, 6.45) is -6.18. The summed E-state index contributed by atoms with van der Waals surface area (Å²) in [6, 6.07) is 4.90. The van der Waals surface area contributed by atoms with E-state index in [1.54, 1.807) is 0 Å². The maximum Gasteiger partial charge on any atom is 0.461 e. The number of alkyl halides is 5. The lowest BCUT2D eigenvalue weighted by Crippen LogP contribution is -2.43. The summed E-state index contributed by atoms with van der Waals surface area (Å²) in [7, 11) is 0. The number of halogens is 5. The molecule has 0 aliphatic carbocycles. The van der Waals surface area contributed by atoms with E-state index < -0.39 is 23.6 Å². The van der Waals surface area contributed by atoms with Gasteiger partial charge in [-0.05, 0) is 24.3 Å². The van der Waals surface area contributed by atoms with E-state index in [1.807, 2.05) is 0 Å². The molecule has 0 aliphatic rings. The Morgan fingerprint density at radius 3 is 2.00 bits per heavy atom. The minimum Gasteiger partial charge on any atom is -0.507 e. The van der Waals surface area contributed by atoms with Crippen molar-refractivity contribution < 1.29 is 31.9 Å². The van der Waals surface area contributed by atoms with Gasteiger partial charge in [0.1, 0.15) is 5.76 Å². The fourth-order valence-corrected chi connectivity index (χ4v) is 1.09. The number of anilines is 1. The molecule has 19 heavy (non-hydrogen) atoms. The number of nitrogens with two attached hydrogens (primary N) is 1. The van der Waals surface area contributed by atoms with Gasteiger partial charge in [0.15, 0.2) is 0 Å². The Hall–Kier alpha value is -2.12. The van der Waals surface area contributed by atoms with E-state index in [1.165, 1.54) is 24.3 Å². The molecule has 0 aliphatic heterocycles. The van der Waals surface area contributed by atoms with Gasteiger partial charge < -0.3 is 10.8 Å². The number of hydrogen-bond donors (Lipinski definition) is 2. The largest absolute Gasteiger partial charge is 0.507 e. The lowest BCUT2D eigenvalue weighted by Gasteiger charge is -2.16. The Balaban J connectivity index is 3.03. The summed E-state index contributed by atoms with van der Waals surface area (Å²) < 4.78 is 60.9. The van der Waals surface area contributed by atoms with E-state index in [4.69, 9.17) is 5.73 Å². The zero-order chi connectivity index (χ0) is 14.8. The van der Waals surface area contributed by atoms with Gasteiger partial charge in [-0.3, -0.25) is 4.79 Å². The maximum absolute atomic E-state index is 12.6. The number of allylic oxidation sites excluding steroid dienone is 1. The number of carbonyl (C=O) groups is 1. The molecule has 1 rings (SSSR count). The normalized spacial score (nSPS) is 13.4. The molecule has 0 aromatic heterocycles. The molecule has 0 heterocycles. The first-order valence-corrected chi connectivity index (χ1v) is 4.81. The Morgan fingerprint density at radius 1 is 1.11 bits per heavy atom. The first-order chi connectivity index (χ1) is 8.55. The first-order valence-electron chi connectivity index (χ1n) is 4.81.